The predicted octanol–water partition coefficient (Wildman–Crippen LogP) is 2.53. The maximum absolute atomic E-state index is 4.25. The lowest BCUT2D eigenvalue weighted by Gasteiger charge is -2.08. The van der Waals surface area contributed by atoms with Crippen LogP contribution < -0.4 is 5.32 Å². The molecule has 0 atom stereocenters. The molecule has 1 aromatic carbocycles. The zero-order chi connectivity index (χ0) is 11.2. The minimum Gasteiger partial charge on any atom is -0.352 e. The highest BCUT2D eigenvalue weighted by atomic mass is 15.2. The fraction of sp³-hybridized carbons (Fsp3) is 0.154. The molecule has 0 bridgehead atoms. The number of imidazole rings is 1. The van der Waals surface area contributed by atoms with Crippen molar-refractivity contribution >= 4 is 5.95 Å². The summed E-state index contributed by atoms with van der Waals surface area (Å²) in [6.07, 6.45) is 5.59. The van der Waals surface area contributed by atoms with Crippen LogP contribution >= 0.6 is 0 Å². The van der Waals surface area contributed by atoms with Crippen LogP contribution in [-0.4, -0.2) is 16.1 Å². The molecule has 16 heavy (non-hydrogen) atoms. The molecule has 0 aliphatic heterocycles. The van der Waals surface area contributed by atoms with E-state index in [4.69, 9.17) is 0 Å². The third-order valence-electron chi connectivity index (χ3n) is 2.32. The van der Waals surface area contributed by atoms with Crippen molar-refractivity contribution in [2.75, 3.05) is 11.9 Å². The molecule has 0 saturated carbocycles. The molecular formula is C13H15N3. The fourth-order valence-electron chi connectivity index (χ4n) is 1.55. The maximum atomic E-state index is 4.25. The highest BCUT2D eigenvalue weighted by molar-refractivity contribution is 5.28. The Morgan fingerprint density at radius 1 is 1.31 bits per heavy atom. The van der Waals surface area contributed by atoms with Crippen LogP contribution in [0.3, 0.4) is 0 Å². The van der Waals surface area contributed by atoms with Gasteiger partial charge < -0.3 is 9.88 Å². The van der Waals surface area contributed by atoms with Gasteiger partial charge >= 0.3 is 0 Å². The Bertz CT molecular complexity index is 445. The van der Waals surface area contributed by atoms with Gasteiger partial charge in [-0.25, -0.2) is 4.98 Å². The molecule has 0 radical (unpaired) electrons. The number of rotatable bonds is 5. The second kappa shape index (κ2) is 5.16. The lowest BCUT2D eigenvalue weighted by Crippen LogP contribution is -2.07. The summed E-state index contributed by atoms with van der Waals surface area (Å²) in [4.78, 5) is 4.25. The number of nitrogens with one attached hydrogen (secondary N) is 1. The first-order valence-electron chi connectivity index (χ1n) is 5.30. The molecule has 0 amide bonds. The van der Waals surface area contributed by atoms with Crippen LogP contribution in [-0.2, 0) is 6.54 Å². The minimum absolute atomic E-state index is 0.728. The van der Waals surface area contributed by atoms with E-state index >= 15 is 0 Å². The molecule has 1 N–H and O–H groups in total. The van der Waals surface area contributed by atoms with E-state index in [1.807, 2.05) is 30.5 Å². The zero-order valence-electron chi connectivity index (χ0n) is 9.13. The SMILES string of the molecule is C=CCNc1nccn1Cc1ccccc1. The Kier molecular flexibility index (Phi) is 3.38. The summed E-state index contributed by atoms with van der Waals surface area (Å²) in [5.41, 5.74) is 1.27. The highest BCUT2D eigenvalue weighted by Crippen LogP contribution is 2.08. The van der Waals surface area contributed by atoms with Gasteiger partial charge in [0.05, 0.1) is 6.54 Å². The number of benzene rings is 1. The molecule has 0 spiro atoms. The summed E-state index contributed by atoms with van der Waals surface area (Å²) < 4.78 is 2.08. The molecule has 1 aromatic heterocycles. The molecule has 0 unspecified atom stereocenters. The minimum atomic E-state index is 0.728. The zero-order valence-corrected chi connectivity index (χ0v) is 9.13. The molecule has 2 rings (SSSR count). The largest absolute Gasteiger partial charge is 0.352 e. The summed E-state index contributed by atoms with van der Waals surface area (Å²) in [7, 11) is 0. The summed E-state index contributed by atoms with van der Waals surface area (Å²) in [6.45, 7) is 5.24. The number of hydrogen-bond acceptors (Lipinski definition) is 2. The average molecular weight is 213 g/mol. The van der Waals surface area contributed by atoms with Gasteiger partial charge in [-0.1, -0.05) is 36.4 Å². The van der Waals surface area contributed by atoms with Crippen LogP contribution in [0.4, 0.5) is 5.95 Å². The maximum Gasteiger partial charge on any atom is 0.203 e. The first-order chi connectivity index (χ1) is 7.90. The molecule has 0 fully saturated rings. The van der Waals surface area contributed by atoms with E-state index in [0.717, 1.165) is 19.0 Å². The van der Waals surface area contributed by atoms with E-state index in [0.29, 0.717) is 0 Å². The number of aromatic nitrogens is 2. The van der Waals surface area contributed by atoms with Gasteiger partial charge in [0.15, 0.2) is 0 Å². The van der Waals surface area contributed by atoms with Crippen molar-refractivity contribution in [1.29, 1.82) is 0 Å². The molecule has 82 valence electrons. The summed E-state index contributed by atoms with van der Waals surface area (Å²) in [5, 5.41) is 3.20. The van der Waals surface area contributed by atoms with Crippen LogP contribution in [0.15, 0.2) is 55.4 Å². The Labute approximate surface area is 95.4 Å². The van der Waals surface area contributed by atoms with Gasteiger partial charge in [0.2, 0.25) is 5.95 Å². The molecule has 3 heteroatoms. The Balaban J connectivity index is 2.09. The second-order valence-corrected chi connectivity index (χ2v) is 3.53. The third kappa shape index (κ3) is 2.51. The lowest BCUT2D eigenvalue weighted by molar-refractivity contribution is 0.802. The van der Waals surface area contributed by atoms with Gasteiger partial charge in [0, 0.05) is 18.9 Å². The summed E-state index contributed by atoms with van der Waals surface area (Å²) in [5.74, 6) is 0.878. The van der Waals surface area contributed by atoms with E-state index in [1.54, 1.807) is 6.20 Å². The third-order valence-corrected chi connectivity index (χ3v) is 2.32. The topological polar surface area (TPSA) is 29.9 Å². The van der Waals surface area contributed by atoms with Gasteiger partial charge in [-0.2, -0.15) is 0 Å². The van der Waals surface area contributed by atoms with Crippen molar-refractivity contribution in [3.63, 3.8) is 0 Å². The van der Waals surface area contributed by atoms with Crippen molar-refractivity contribution in [3.05, 3.63) is 60.9 Å². The van der Waals surface area contributed by atoms with E-state index < -0.39 is 0 Å². The molecule has 3 nitrogen and oxygen atoms in total. The Morgan fingerprint density at radius 3 is 2.88 bits per heavy atom. The first-order valence-corrected chi connectivity index (χ1v) is 5.30. The predicted molar refractivity (Wildman–Crippen MR) is 66.5 cm³/mol. The van der Waals surface area contributed by atoms with E-state index in [-0.39, 0.29) is 0 Å². The van der Waals surface area contributed by atoms with Gasteiger partial charge in [0.1, 0.15) is 0 Å². The van der Waals surface area contributed by atoms with E-state index in [1.165, 1.54) is 5.56 Å². The lowest BCUT2D eigenvalue weighted by atomic mass is 10.2. The van der Waals surface area contributed by atoms with Crippen LogP contribution in [0, 0.1) is 0 Å². The van der Waals surface area contributed by atoms with Gasteiger partial charge in [-0.15, -0.1) is 6.58 Å². The number of hydrogen-bond donors (Lipinski definition) is 1. The first kappa shape index (κ1) is 10.5. The van der Waals surface area contributed by atoms with Gasteiger partial charge in [0.25, 0.3) is 0 Å². The van der Waals surface area contributed by atoms with E-state index in [9.17, 15) is 0 Å². The second-order valence-electron chi connectivity index (χ2n) is 3.53. The van der Waals surface area contributed by atoms with Gasteiger partial charge in [-0.05, 0) is 5.56 Å². The molecule has 0 saturated heterocycles. The Hall–Kier alpha value is -2.03. The van der Waals surface area contributed by atoms with Crippen molar-refractivity contribution < 1.29 is 0 Å². The standard InChI is InChI=1S/C13H15N3/c1-2-8-14-13-15-9-10-16(13)11-12-6-4-3-5-7-12/h2-7,9-10H,1,8,11H2,(H,14,15). The van der Waals surface area contributed by atoms with Gasteiger partial charge in [-0.3, -0.25) is 0 Å². The highest BCUT2D eigenvalue weighted by Gasteiger charge is 2.01. The van der Waals surface area contributed by atoms with Crippen molar-refractivity contribution in [2.24, 2.45) is 0 Å². The van der Waals surface area contributed by atoms with Crippen LogP contribution in [0.2, 0.25) is 0 Å². The molecule has 2 aromatic rings. The smallest absolute Gasteiger partial charge is 0.203 e. The summed E-state index contributed by atoms with van der Waals surface area (Å²) in [6, 6.07) is 10.3. The quantitative estimate of drug-likeness (QED) is 0.773. The number of anilines is 1. The summed E-state index contributed by atoms with van der Waals surface area (Å²) >= 11 is 0. The molecular weight excluding hydrogens is 198 g/mol. The van der Waals surface area contributed by atoms with Crippen LogP contribution in [0.5, 0.6) is 0 Å². The normalized spacial score (nSPS) is 10.0. The monoisotopic (exact) mass is 213 g/mol. The van der Waals surface area contributed by atoms with Crippen molar-refractivity contribution in [2.45, 2.75) is 6.54 Å². The van der Waals surface area contributed by atoms with Crippen LogP contribution in [0.25, 0.3) is 0 Å². The average Bonchev–Trinajstić information content (AvgIpc) is 2.75. The molecule has 1 heterocycles. The van der Waals surface area contributed by atoms with Crippen LogP contribution in [0.1, 0.15) is 5.56 Å². The number of nitrogens with zero attached hydrogens (tertiary/aromatic N) is 2. The van der Waals surface area contributed by atoms with Crippen molar-refractivity contribution in [1.82, 2.24) is 9.55 Å². The Morgan fingerprint density at radius 2 is 2.12 bits per heavy atom. The molecule has 0 aliphatic rings. The molecule has 0 aliphatic carbocycles. The fourth-order valence-corrected chi connectivity index (χ4v) is 1.55. The van der Waals surface area contributed by atoms with Crippen molar-refractivity contribution in [3.8, 4) is 0 Å². The van der Waals surface area contributed by atoms with E-state index in [2.05, 4.69) is 33.6 Å².